The molecule has 2 aliphatic rings. The van der Waals surface area contributed by atoms with Crippen LogP contribution in [0, 0.1) is 16.7 Å². The van der Waals surface area contributed by atoms with Crippen LogP contribution in [0.15, 0.2) is 159 Å². The van der Waals surface area contributed by atoms with Gasteiger partial charge < -0.3 is 69.5 Å². The Kier molecular flexibility index (Phi) is 33.2. The molecule has 2 heterocycles. The van der Waals surface area contributed by atoms with E-state index in [1.165, 1.54) is 50.9 Å². The van der Waals surface area contributed by atoms with Crippen molar-refractivity contribution in [1.29, 1.82) is 0 Å². The number of likely N-dealkylation sites (tertiary alicyclic amines) is 2. The molecule has 5 N–H and O–H groups in total. The number of nitrogens with zero attached hydrogens (tertiary/aromatic N) is 4. The van der Waals surface area contributed by atoms with Gasteiger partial charge in [0, 0.05) is 52.7 Å². The van der Waals surface area contributed by atoms with Crippen LogP contribution >= 0.6 is 0 Å². The number of amides is 9. The smallest absolute Gasteiger partial charge is 0.410 e. The van der Waals surface area contributed by atoms with Crippen molar-refractivity contribution in [2.24, 2.45) is 16.7 Å². The third-order valence-electron chi connectivity index (χ3n) is 21.5. The zero-order chi connectivity index (χ0) is 91.7. The van der Waals surface area contributed by atoms with Crippen molar-refractivity contribution in [2.75, 3.05) is 47.5 Å². The second-order valence-corrected chi connectivity index (χ2v) is 37.3. The lowest BCUT2D eigenvalue weighted by Crippen LogP contribution is -2.61. The standard InChI is InChI=1S/C96H127N9O19/c1-23-45-119-69-41-35-60(36-42-69)47-68(88(114)118-22)53-78(106)73(51-62-33-39-64-29-25-27-31-66(64)48-62)97-84(110)77-55-72(57-105(77)87(113)80(93(8,9)10)101-82(108)59(4)103(21)91(117)124-96(17,18)19)121-70-43-37-61(38-44-70)50-75(89(115)122-94(11,12)13)99-83(109)74(52-63-34-40-65-30-26-28-32-67(65)49-63)98-85(111)76-54-71(120-46-24-2)56-104(76)86(112)79(92(5,6)7)100-81(107)58(3)102(20)90(116)123-95(14,15)16/h23-44,48-49,58-59,68,71-77,79-80H,1-2,45-47,50-57H2,3-22H3,(H,97,110)(H,98,111)(H,99,109)(H,100,107)(H,101,108)/t58-,59-,68+,71-,72-,73-,74-,75-,76-,77-,79+,80+/m0/s1. The van der Waals surface area contributed by atoms with E-state index in [4.69, 9.17) is 33.2 Å². The Morgan fingerprint density at radius 2 is 0.855 bits per heavy atom. The largest absolute Gasteiger partial charge is 0.490 e. The SMILES string of the molecule is C=CCOc1ccc(C[C@H](CC(=O)[C@H](Cc2ccc3ccccc3c2)NC(=O)[C@@H]2C[C@H](Oc3ccc(C[C@H](NC(=O)[C@H](Cc4ccc5ccccc5c4)NC(=O)[C@@H]4C[C@H](OCC=C)CN4C(=O)[C@@H](NC(=O)[C@H](C)N(C)C(=O)OC(C)(C)C)C(C)(C)C)C(=O)OC(C)(C)C)cc3)CN2C(=O)[C@@H](NC(=O)[C@H](C)N(C)C(=O)OC(C)(C)C)C(C)(C)C)C(=O)OC)cc1. The van der Waals surface area contributed by atoms with Gasteiger partial charge in [-0.1, -0.05) is 169 Å². The third-order valence-corrected chi connectivity index (χ3v) is 21.5. The van der Waals surface area contributed by atoms with E-state index in [-0.39, 0.29) is 77.0 Å². The number of benzene rings is 6. The Morgan fingerprint density at radius 3 is 1.30 bits per heavy atom. The van der Waals surface area contributed by atoms with Gasteiger partial charge in [-0.05, 0) is 168 Å². The molecule has 0 radical (unpaired) electrons. The van der Waals surface area contributed by atoms with Gasteiger partial charge in [0.05, 0.1) is 38.3 Å². The third kappa shape index (κ3) is 27.9. The van der Waals surface area contributed by atoms with E-state index in [0.29, 0.717) is 28.0 Å². The van der Waals surface area contributed by atoms with Gasteiger partial charge in [0.1, 0.15) is 89.3 Å². The average molecular weight is 1710 g/mol. The number of carbonyl (C=O) groups excluding carboxylic acids is 12. The number of ketones is 1. The van der Waals surface area contributed by atoms with Gasteiger partial charge in [0.25, 0.3) is 0 Å². The Balaban J connectivity index is 1.10. The van der Waals surface area contributed by atoms with Gasteiger partial charge in [0.2, 0.25) is 41.4 Å². The first-order valence-electron chi connectivity index (χ1n) is 42.2. The fourth-order valence-electron chi connectivity index (χ4n) is 14.6. The average Bonchev–Trinajstić information content (AvgIpc) is 1.61. The summed E-state index contributed by atoms with van der Waals surface area (Å²) in [5, 5.41) is 18.2. The van der Waals surface area contributed by atoms with E-state index in [1.54, 1.807) is 158 Å². The molecular weight excluding hydrogens is 1580 g/mol. The molecule has 2 saturated heterocycles. The maximum Gasteiger partial charge on any atom is 0.410 e. The minimum absolute atomic E-state index is 0.0241. The molecule has 8 rings (SSSR count). The van der Waals surface area contributed by atoms with Crippen LogP contribution in [0.1, 0.15) is 159 Å². The lowest BCUT2D eigenvalue weighted by molar-refractivity contribution is -0.158. The molecular formula is C96H127N9O19. The number of likely N-dealkylation sites (N-methyl/N-ethyl adjacent to an activating group) is 2. The predicted octanol–water partition coefficient (Wildman–Crippen LogP) is 11.5. The summed E-state index contributed by atoms with van der Waals surface area (Å²) < 4.78 is 40.9. The van der Waals surface area contributed by atoms with Crippen molar-refractivity contribution < 1.29 is 90.7 Å². The number of fused-ring (bicyclic) bond motifs is 2. The van der Waals surface area contributed by atoms with E-state index in [9.17, 15) is 28.8 Å². The van der Waals surface area contributed by atoms with Crippen molar-refractivity contribution in [3.63, 3.8) is 0 Å². The highest BCUT2D eigenvalue weighted by atomic mass is 16.6. The van der Waals surface area contributed by atoms with Gasteiger partial charge in [-0.15, -0.1) is 6.58 Å². The zero-order valence-corrected chi connectivity index (χ0v) is 75.5. The molecule has 28 nitrogen and oxygen atoms in total. The number of carbonyl (C=O) groups is 12. The molecule has 0 unspecified atom stereocenters. The van der Waals surface area contributed by atoms with Crippen LogP contribution in [0.3, 0.4) is 0 Å². The summed E-state index contributed by atoms with van der Waals surface area (Å²) in [5.41, 5.74) is -2.32. The maximum absolute atomic E-state index is 15.7. The lowest BCUT2D eigenvalue weighted by atomic mass is 9.85. The fraction of sp³-hybridized carbons (Fsp3) is 0.500. The van der Waals surface area contributed by atoms with Crippen LogP contribution in [0.2, 0.25) is 0 Å². The normalized spacial score (nSPS) is 17.5. The van der Waals surface area contributed by atoms with Gasteiger partial charge in [0.15, 0.2) is 5.78 Å². The van der Waals surface area contributed by atoms with E-state index < -0.39 is 171 Å². The van der Waals surface area contributed by atoms with E-state index in [2.05, 4.69) is 39.7 Å². The lowest BCUT2D eigenvalue weighted by Gasteiger charge is -2.37. The number of esters is 2. The second kappa shape index (κ2) is 42.1. The predicted molar refractivity (Wildman–Crippen MR) is 472 cm³/mol. The molecule has 2 aliphatic heterocycles. The minimum Gasteiger partial charge on any atom is -0.490 e. The van der Waals surface area contributed by atoms with E-state index >= 15 is 28.8 Å². The van der Waals surface area contributed by atoms with Gasteiger partial charge in [-0.25, -0.2) is 14.4 Å². The monoisotopic (exact) mass is 1710 g/mol. The molecule has 0 aliphatic carbocycles. The van der Waals surface area contributed by atoms with Crippen molar-refractivity contribution in [3.8, 4) is 11.5 Å². The Labute approximate surface area is 728 Å². The molecule has 0 spiro atoms. The molecule has 12 atom stereocenters. The Bertz CT molecular complexity index is 4820. The number of hydrogen-bond acceptors (Lipinski definition) is 19. The molecule has 670 valence electrons. The fourth-order valence-corrected chi connectivity index (χ4v) is 14.6. The zero-order valence-electron chi connectivity index (χ0n) is 75.5. The summed E-state index contributed by atoms with van der Waals surface area (Å²) in [7, 11) is 4.05. The summed E-state index contributed by atoms with van der Waals surface area (Å²) in [4.78, 5) is 181. The Morgan fingerprint density at radius 1 is 0.452 bits per heavy atom. The number of rotatable bonds is 35. The van der Waals surface area contributed by atoms with Crippen LogP contribution < -0.4 is 36.1 Å². The molecule has 0 saturated carbocycles. The van der Waals surface area contributed by atoms with Crippen LogP contribution in [0.25, 0.3) is 21.5 Å². The molecule has 124 heavy (non-hydrogen) atoms. The van der Waals surface area contributed by atoms with Crippen LogP contribution in [0.4, 0.5) is 9.59 Å². The van der Waals surface area contributed by atoms with E-state index in [0.717, 1.165) is 31.3 Å². The molecule has 2 fully saturated rings. The minimum atomic E-state index is -1.41. The van der Waals surface area contributed by atoms with Gasteiger partial charge in [-0.2, -0.15) is 0 Å². The van der Waals surface area contributed by atoms with Gasteiger partial charge >= 0.3 is 24.1 Å². The first-order chi connectivity index (χ1) is 58.0. The summed E-state index contributed by atoms with van der Waals surface area (Å²) in [6, 6.07) is 28.6. The highest BCUT2D eigenvalue weighted by molar-refractivity contribution is 5.99. The highest BCUT2D eigenvalue weighted by Crippen LogP contribution is 2.33. The maximum atomic E-state index is 15.7. The molecule has 6 aromatic carbocycles. The van der Waals surface area contributed by atoms with Crippen LogP contribution in [-0.2, 0) is 97.3 Å². The molecule has 0 aromatic heterocycles. The number of ether oxygens (including phenoxy) is 7. The quantitative estimate of drug-likeness (QED) is 0.0140. The van der Waals surface area contributed by atoms with Gasteiger partial charge in [-0.3, -0.25) is 53.0 Å². The summed E-state index contributed by atoms with van der Waals surface area (Å²) in [6.45, 7) is 36.2. The molecule has 9 amide bonds. The molecule has 6 aromatic rings. The molecule has 0 bridgehead atoms. The van der Waals surface area contributed by atoms with Crippen LogP contribution in [-0.4, -0.2) is 222 Å². The van der Waals surface area contributed by atoms with E-state index in [1.807, 2.05) is 84.9 Å². The van der Waals surface area contributed by atoms with Crippen molar-refractivity contribution in [3.05, 3.63) is 181 Å². The highest BCUT2D eigenvalue weighted by Gasteiger charge is 2.50. The number of Topliss-reactive ketones (excluding diaryl/α,β-unsaturated/α-hetero) is 1. The number of methoxy groups -OCH3 is 1. The Hall–Kier alpha value is -11.7. The summed E-state index contributed by atoms with van der Waals surface area (Å²) >= 11 is 0. The van der Waals surface area contributed by atoms with Crippen LogP contribution in [0.5, 0.6) is 11.5 Å². The number of nitrogens with one attached hydrogen (secondary N) is 5. The first-order valence-corrected chi connectivity index (χ1v) is 42.2. The second-order valence-electron chi connectivity index (χ2n) is 37.3. The van der Waals surface area contributed by atoms with Crippen molar-refractivity contribution in [2.45, 2.75) is 246 Å². The first kappa shape index (κ1) is 97.8. The molecule has 28 heteroatoms. The van der Waals surface area contributed by atoms with Crippen molar-refractivity contribution >= 4 is 92.8 Å². The van der Waals surface area contributed by atoms with Crippen molar-refractivity contribution in [1.82, 2.24) is 46.2 Å². The number of hydrogen-bond donors (Lipinski definition) is 5. The summed E-state index contributed by atoms with van der Waals surface area (Å²) in [6.07, 6.45) is -0.782. The summed E-state index contributed by atoms with van der Waals surface area (Å²) in [5.74, 6) is -7.09. The topological polar surface area (TPSA) is 343 Å².